The molecule has 1 aromatic rings. The van der Waals surface area contributed by atoms with Gasteiger partial charge in [0.1, 0.15) is 0 Å². The third kappa shape index (κ3) is 4.96. The highest BCUT2D eigenvalue weighted by molar-refractivity contribution is 5.92. The summed E-state index contributed by atoms with van der Waals surface area (Å²) >= 11 is 0. The number of carbonyl (C=O) groups is 1. The van der Waals surface area contributed by atoms with Gasteiger partial charge in [-0.2, -0.15) is 5.10 Å². The summed E-state index contributed by atoms with van der Waals surface area (Å²) in [5.74, 6) is 1.03. The molecule has 130 valence electrons. The van der Waals surface area contributed by atoms with Crippen LogP contribution in [0.3, 0.4) is 0 Å². The van der Waals surface area contributed by atoms with Crippen molar-refractivity contribution in [3.05, 3.63) is 11.8 Å². The Balaban J connectivity index is 2.02. The number of nitrogens with zero attached hydrogens (tertiary/aromatic N) is 3. The molecule has 0 aliphatic heterocycles. The molecule has 6 heteroatoms. The molecule has 1 heterocycles. The lowest BCUT2D eigenvalue weighted by molar-refractivity contribution is 0.0889. The quantitative estimate of drug-likeness (QED) is 0.871. The van der Waals surface area contributed by atoms with Gasteiger partial charge in [-0.25, -0.2) is 4.68 Å². The van der Waals surface area contributed by atoms with Gasteiger partial charge in [0.15, 0.2) is 5.69 Å². The molecule has 6 nitrogen and oxygen atoms in total. The van der Waals surface area contributed by atoms with Crippen molar-refractivity contribution in [2.24, 2.45) is 13.0 Å². The summed E-state index contributed by atoms with van der Waals surface area (Å²) in [6.07, 6.45) is 4.71. The normalized spacial score (nSPS) is 21.7. The van der Waals surface area contributed by atoms with Gasteiger partial charge in [-0.05, 0) is 46.7 Å². The zero-order chi connectivity index (χ0) is 17.0. The third-order valence-corrected chi connectivity index (χ3v) is 4.25. The van der Waals surface area contributed by atoms with Gasteiger partial charge in [-0.1, -0.05) is 12.8 Å². The second-order valence-electron chi connectivity index (χ2n) is 7.04. The first kappa shape index (κ1) is 17.8. The Hall–Kier alpha value is -1.56. The molecular weight excluding hydrogens is 292 g/mol. The molecule has 2 atom stereocenters. The first-order valence-electron chi connectivity index (χ1n) is 8.53. The smallest absolute Gasteiger partial charge is 0.272 e. The second kappa shape index (κ2) is 7.81. The third-order valence-electron chi connectivity index (χ3n) is 4.25. The van der Waals surface area contributed by atoms with Crippen molar-refractivity contribution in [1.82, 2.24) is 20.0 Å². The highest BCUT2D eigenvalue weighted by Gasteiger charge is 2.28. The van der Waals surface area contributed by atoms with Gasteiger partial charge in [0.2, 0.25) is 5.88 Å². The molecule has 1 aliphatic carbocycles. The molecular formula is C17H30N4O2. The predicted octanol–water partition coefficient (Wildman–Crippen LogP) is 2.06. The fraction of sp³-hybridized carbons (Fsp3) is 0.765. The molecule has 1 saturated carbocycles. The maximum Gasteiger partial charge on any atom is 0.272 e. The average molecular weight is 322 g/mol. The standard InChI is InChI=1S/C17H30N4O2/c1-12(2)23-16-10-15(19-21(16)5)17(22)18-14-9-7-6-8-13(14)11-20(3)4/h10,12-14H,6-9,11H2,1-5H3,(H,18,22). The minimum Gasteiger partial charge on any atom is -0.475 e. The summed E-state index contributed by atoms with van der Waals surface area (Å²) < 4.78 is 7.27. The molecule has 0 bridgehead atoms. The molecule has 0 spiro atoms. The monoisotopic (exact) mass is 322 g/mol. The Kier molecular flexibility index (Phi) is 6.04. The first-order valence-corrected chi connectivity index (χ1v) is 8.53. The molecule has 1 fully saturated rings. The van der Waals surface area contributed by atoms with Gasteiger partial charge >= 0.3 is 0 Å². The van der Waals surface area contributed by atoms with Crippen LogP contribution in [0.15, 0.2) is 6.07 Å². The molecule has 0 aromatic carbocycles. The Morgan fingerprint density at radius 2 is 2.13 bits per heavy atom. The summed E-state index contributed by atoms with van der Waals surface area (Å²) in [6.45, 7) is 4.93. The maximum atomic E-state index is 12.5. The lowest BCUT2D eigenvalue weighted by Crippen LogP contribution is -2.45. The van der Waals surface area contributed by atoms with Crippen molar-refractivity contribution in [2.45, 2.75) is 51.7 Å². The SMILES string of the molecule is CC(C)Oc1cc(C(=O)NC2CCCCC2CN(C)C)nn1C. The van der Waals surface area contributed by atoms with Crippen molar-refractivity contribution in [3.8, 4) is 5.88 Å². The van der Waals surface area contributed by atoms with Gasteiger partial charge in [0.25, 0.3) is 5.91 Å². The average Bonchev–Trinajstić information content (AvgIpc) is 2.81. The van der Waals surface area contributed by atoms with E-state index in [0.717, 1.165) is 13.0 Å². The Morgan fingerprint density at radius 1 is 1.43 bits per heavy atom. The van der Waals surface area contributed by atoms with E-state index < -0.39 is 0 Å². The van der Waals surface area contributed by atoms with Crippen LogP contribution in [0.4, 0.5) is 0 Å². The van der Waals surface area contributed by atoms with Crippen LogP contribution >= 0.6 is 0 Å². The number of hydrogen-bond acceptors (Lipinski definition) is 4. The molecule has 1 N–H and O–H groups in total. The van der Waals surface area contributed by atoms with E-state index >= 15 is 0 Å². The van der Waals surface area contributed by atoms with E-state index in [1.165, 1.54) is 19.3 Å². The minimum absolute atomic E-state index is 0.0594. The van der Waals surface area contributed by atoms with Crippen LogP contribution in [0.2, 0.25) is 0 Å². The molecule has 1 amide bonds. The van der Waals surface area contributed by atoms with Gasteiger partial charge in [0.05, 0.1) is 6.10 Å². The fourth-order valence-corrected chi connectivity index (χ4v) is 3.24. The van der Waals surface area contributed by atoms with Crippen LogP contribution in [0.5, 0.6) is 5.88 Å². The Labute approximate surface area is 139 Å². The molecule has 1 aliphatic rings. The van der Waals surface area contributed by atoms with Crippen LogP contribution in [-0.2, 0) is 7.05 Å². The lowest BCUT2D eigenvalue weighted by Gasteiger charge is -2.33. The molecule has 0 saturated heterocycles. The van der Waals surface area contributed by atoms with E-state index in [1.807, 2.05) is 13.8 Å². The topological polar surface area (TPSA) is 59.4 Å². The first-order chi connectivity index (χ1) is 10.9. The fourth-order valence-electron chi connectivity index (χ4n) is 3.24. The number of carbonyl (C=O) groups excluding carboxylic acids is 1. The summed E-state index contributed by atoms with van der Waals surface area (Å²) in [5.41, 5.74) is 0.428. The number of aryl methyl sites for hydroxylation is 1. The van der Waals surface area contributed by atoms with Crippen molar-refractivity contribution in [1.29, 1.82) is 0 Å². The predicted molar refractivity (Wildman–Crippen MR) is 90.7 cm³/mol. The van der Waals surface area contributed by atoms with Crippen molar-refractivity contribution < 1.29 is 9.53 Å². The minimum atomic E-state index is -0.102. The number of hydrogen-bond donors (Lipinski definition) is 1. The van der Waals surface area contributed by atoms with Crippen LogP contribution in [0.1, 0.15) is 50.0 Å². The van der Waals surface area contributed by atoms with E-state index in [4.69, 9.17) is 4.74 Å². The van der Waals surface area contributed by atoms with Crippen molar-refractivity contribution >= 4 is 5.91 Å². The largest absolute Gasteiger partial charge is 0.475 e. The van der Waals surface area contributed by atoms with Gasteiger partial charge in [-0.15, -0.1) is 0 Å². The Morgan fingerprint density at radius 3 is 2.78 bits per heavy atom. The van der Waals surface area contributed by atoms with Crippen LogP contribution in [0.25, 0.3) is 0 Å². The highest BCUT2D eigenvalue weighted by atomic mass is 16.5. The van der Waals surface area contributed by atoms with E-state index in [9.17, 15) is 4.79 Å². The van der Waals surface area contributed by atoms with Gasteiger partial charge in [-0.3, -0.25) is 4.79 Å². The zero-order valence-corrected chi connectivity index (χ0v) is 15.0. The lowest BCUT2D eigenvalue weighted by atomic mass is 9.84. The molecule has 2 rings (SSSR count). The van der Waals surface area contributed by atoms with Crippen LogP contribution in [0, 0.1) is 5.92 Å². The van der Waals surface area contributed by atoms with Crippen LogP contribution < -0.4 is 10.1 Å². The Bertz CT molecular complexity index is 525. The summed E-state index contributed by atoms with van der Waals surface area (Å²) in [7, 11) is 5.97. The number of rotatable bonds is 6. The second-order valence-corrected chi connectivity index (χ2v) is 7.04. The zero-order valence-electron chi connectivity index (χ0n) is 15.0. The van der Waals surface area contributed by atoms with Crippen molar-refractivity contribution in [3.63, 3.8) is 0 Å². The molecule has 2 unspecified atom stereocenters. The van der Waals surface area contributed by atoms with Gasteiger partial charge < -0.3 is 15.0 Å². The van der Waals surface area contributed by atoms with Crippen LogP contribution in [-0.4, -0.2) is 53.4 Å². The van der Waals surface area contributed by atoms with E-state index in [1.54, 1.807) is 17.8 Å². The number of amides is 1. The highest BCUT2D eigenvalue weighted by Crippen LogP contribution is 2.25. The maximum absolute atomic E-state index is 12.5. The molecule has 0 radical (unpaired) electrons. The van der Waals surface area contributed by atoms with Gasteiger partial charge in [0, 0.05) is 25.7 Å². The molecule has 23 heavy (non-hydrogen) atoms. The summed E-state index contributed by atoms with van der Waals surface area (Å²) in [6, 6.07) is 1.95. The van der Waals surface area contributed by atoms with E-state index in [-0.39, 0.29) is 18.1 Å². The summed E-state index contributed by atoms with van der Waals surface area (Å²) in [5, 5.41) is 7.47. The number of aromatic nitrogens is 2. The van der Waals surface area contributed by atoms with E-state index in [2.05, 4.69) is 29.4 Å². The number of ether oxygens (including phenoxy) is 1. The van der Waals surface area contributed by atoms with E-state index in [0.29, 0.717) is 17.5 Å². The number of nitrogens with one attached hydrogen (secondary N) is 1. The molecule has 1 aromatic heterocycles. The van der Waals surface area contributed by atoms with Crippen molar-refractivity contribution in [2.75, 3.05) is 20.6 Å². The summed E-state index contributed by atoms with van der Waals surface area (Å²) in [4.78, 5) is 14.7.